The van der Waals surface area contributed by atoms with E-state index >= 15 is 0 Å². The zero-order chi connectivity index (χ0) is 18.3. The molecule has 0 bridgehead atoms. The molecule has 0 aliphatic carbocycles. The molecule has 5 nitrogen and oxygen atoms in total. The van der Waals surface area contributed by atoms with E-state index in [2.05, 4.69) is 9.97 Å². The molecule has 3 aromatic rings. The summed E-state index contributed by atoms with van der Waals surface area (Å²) in [6.07, 6.45) is 5.76. The van der Waals surface area contributed by atoms with E-state index < -0.39 is 0 Å². The number of carbonyl (C=O) groups is 1. The Morgan fingerprint density at radius 3 is 1.96 bits per heavy atom. The average Bonchev–Trinajstić information content (AvgIpc) is 2.71. The van der Waals surface area contributed by atoms with E-state index in [0.29, 0.717) is 17.7 Å². The molecule has 25 heavy (non-hydrogen) atoms. The van der Waals surface area contributed by atoms with Crippen LogP contribution in [0.15, 0.2) is 73.2 Å². The zero-order valence-corrected chi connectivity index (χ0v) is 14.0. The van der Waals surface area contributed by atoms with Crippen molar-refractivity contribution in [3.05, 3.63) is 84.6 Å². The largest absolute Gasteiger partial charge is 0.497 e. The Morgan fingerprint density at radius 1 is 0.880 bits per heavy atom. The van der Waals surface area contributed by atoms with E-state index in [1.54, 1.807) is 51.0 Å². The van der Waals surface area contributed by atoms with Crippen molar-refractivity contribution in [2.75, 3.05) is 14.2 Å². The first-order chi connectivity index (χ1) is 12.2. The molecule has 3 rings (SSSR count). The molecule has 0 aliphatic heterocycles. The number of rotatable bonds is 3. The molecule has 6 heteroatoms. The van der Waals surface area contributed by atoms with Crippen LogP contribution in [-0.4, -0.2) is 30.5 Å². The number of nitrogens with zero attached hydrogens (tertiary/aromatic N) is 2. The normalized spacial score (nSPS) is 8.76. The number of carbonyl (C=O) groups excluding carboxylic acids is 1. The summed E-state index contributed by atoms with van der Waals surface area (Å²) in [4.78, 5) is 17.7. The SMILES string of the molecule is COc1ccccn1.COc1ccncc1.O=Cc1ccc(F)cc1. The lowest BCUT2D eigenvalue weighted by atomic mass is 10.2. The predicted octanol–water partition coefficient (Wildman–Crippen LogP) is 3.82. The number of methoxy groups -OCH3 is 2. The lowest BCUT2D eigenvalue weighted by Gasteiger charge is -1.93. The lowest BCUT2D eigenvalue weighted by molar-refractivity contribution is 0.112. The van der Waals surface area contributed by atoms with Gasteiger partial charge in [-0.3, -0.25) is 9.78 Å². The molecule has 2 heterocycles. The van der Waals surface area contributed by atoms with Crippen molar-refractivity contribution in [2.24, 2.45) is 0 Å². The molecule has 0 amide bonds. The second-order valence-corrected chi connectivity index (χ2v) is 4.43. The Balaban J connectivity index is 0.000000188. The fraction of sp³-hybridized carbons (Fsp3) is 0.105. The van der Waals surface area contributed by atoms with Crippen molar-refractivity contribution < 1.29 is 18.7 Å². The van der Waals surface area contributed by atoms with Crippen LogP contribution in [0.25, 0.3) is 0 Å². The number of hydrogen-bond acceptors (Lipinski definition) is 5. The van der Waals surface area contributed by atoms with Crippen LogP contribution in [0.4, 0.5) is 4.39 Å². The van der Waals surface area contributed by atoms with Crippen molar-refractivity contribution in [3.63, 3.8) is 0 Å². The molecule has 0 N–H and O–H groups in total. The Labute approximate surface area is 146 Å². The van der Waals surface area contributed by atoms with Crippen molar-refractivity contribution in [2.45, 2.75) is 0 Å². The smallest absolute Gasteiger partial charge is 0.212 e. The van der Waals surface area contributed by atoms with Crippen LogP contribution in [0.2, 0.25) is 0 Å². The molecule has 0 atom stereocenters. The average molecular weight is 342 g/mol. The number of aromatic nitrogens is 2. The topological polar surface area (TPSA) is 61.3 Å². The van der Waals surface area contributed by atoms with Crippen molar-refractivity contribution in [1.29, 1.82) is 0 Å². The fourth-order valence-electron chi connectivity index (χ4n) is 1.48. The third-order valence-corrected chi connectivity index (χ3v) is 2.74. The highest BCUT2D eigenvalue weighted by molar-refractivity contribution is 5.74. The van der Waals surface area contributed by atoms with Crippen LogP contribution in [0.5, 0.6) is 11.6 Å². The summed E-state index contributed by atoms with van der Waals surface area (Å²) in [5.74, 6) is 1.19. The van der Waals surface area contributed by atoms with Gasteiger partial charge < -0.3 is 9.47 Å². The maximum absolute atomic E-state index is 12.1. The Kier molecular flexibility index (Phi) is 9.63. The number of hydrogen-bond donors (Lipinski definition) is 0. The van der Waals surface area contributed by atoms with Gasteiger partial charge in [0.25, 0.3) is 0 Å². The Hall–Kier alpha value is -3.28. The first kappa shape index (κ1) is 19.8. The quantitative estimate of drug-likeness (QED) is 0.677. The molecule has 1 aromatic carbocycles. The number of halogens is 1. The van der Waals surface area contributed by atoms with Crippen LogP contribution in [0.3, 0.4) is 0 Å². The summed E-state index contributed by atoms with van der Waals surface area (Å²) in [5, 5.41) is 0. The molecule has 0 spiro atoms. The zero-order valence-electron chi connectivity index (χ0n) is 14.0. The third kappa shape index (κ3) is 8.80. The Bertz CT molecular complexity index is 668. The van der Waals surface area contributed by atoms with E-state index in [4.69, 9.17) is 9.47 Å². The minimum absolute atomic E-state index is 0.319. The van der Waals surface area contributed by atoms with E-state index in [1.807, 2.05) is 12.1 Å². The summed E-state index contributed by atoms with van der Waals surface area (Å²) in [6, 6.07) is 14.5. The highest BCUT2D eigenvalue weighted by Crippen LogP contribution is 2.03. The second-order valence-electron chi connectivity index (χ2n) is 4.43. The van der Waals surface area contributed by atoms with E-state index in [9.17, 15) is 9.18 Å². The minimum Gasteiger partial charge on any atom is -0.497 e. The van der Waals surface area contributed by atoms with Crippen LogP contribution in [0, 0.1) is 5.82 Å². The lowest BCUT2D eigenvalue weighted by Crippen LogP contribution is -1.83. The number of aldehydes is 1. The van der Waals surface area contributed by atoms with Crippen LogP contribution in [0.1, 0.15) is 10.4 Å². The molecule has 130 valence electrons. The van der Waals surface area contributed by atoms with Gasteiger partial charge in [0.05, 0.1) is 14.2 Å². The van der Waals surface area contributed by atoms with Gasteiger partial charge in [0.15, 0.2) is 0 Å². The molecule has 0 radical (unpaired) electrons. The van der Waals surface area contributed by atoms with Gasteiger partial charge in [0.2, 0.25) is 5.88 Å². The maximum atomic E-state index is 12.1. The monoisotopic (exact) mass is 342 g/mol. The third-order valence-electron chi connectivity index (χ3n) is 2.74. The molecule has 0 fully saturated rings. The van der Waals surface area contributed by atoms with Gasteiger partial charge in [-0.1, -0.05) is 6.07 Å². The van der Waals surface area contributed by atoms with Crippen molar-refractivity contribution >= 4 is 6.29 Å². The van der Waals surface area contributed by atoms with Crippen LogP contribution >= 0.6 is 0 Å². The second kappa shape index (κ2) is 12.2. The number of ether oxygens (including phenoxy) is 2. The number of benzene rings is 1. The van der Waals surface area contributed by atoms with Gasteiger partial charge in [0.1, 0.15) is 17.9 Å². The van der Waals surface area contributed by atoms with Gasteiger partial charge in [-0.05, 0) is 42.5 Å². The van der Waals surface area contributed by atoms with Gasteiger partial charge >= 0.3 is 0 Å². The summed E-state index contributed by atoms with van der Waals surface area (Å²) in [7, 11) is 3.23. The first-order valence-electron chi connectivity index (χ1n) is 7.29. The molecule has 0 saturated carbocycles. The van der Waals surface area contributed by atoms with E-state index in [0.717, 1.165) is 5.75 Å². The van der Waals surface area contributed by atoms with Crippen molar-refractivity contribution in [3.8, 4) is 11.6 Å². The molecule has 0 unspecified atom stereocenters. The van der Waals surface area contributed by atoms with Crippen LogP contribution < -0.4 is 9.47 Å². The summed E-state index contributed by atoms with van der Waals surface area (Å²) in [6.45, 7) is 0. The molecule has 2 aromatic heterocycles. The highest BCUT2D eigenvalue weighted by atomic mass is 19.1. The molecule has 0 aliphatic rings. The van der Waals surface area contributed by atoms with Gasteiger partial charge in [-0.15, -0.1) is 0 Å². The maximum Gasteiger partial charge on any atom is 0.212 e. The van der Waals surface area contributed by atoms with Gasteiger partial charge in [-0.2, -0.15) is 0 Å². The van der Waals surface area contributed by atoms with Gasteiger partial charge in [0, 0.05) is 30.2 Å². The minimum atomic E-state index is -0.319. The summed E-state index contributed by atoms with van der Waals surface area (Å²) < 4.78 is 21.8. The van der Waals surface area contributed by atoms with E-state index in [-0.39, 0.29) is 5.82 Å². The van der Waals surface area contributed by atoms with Crippen LogP contribution in [-0.2, 0) is 0 Å². The number of pyridine rings is 2. The molecular formula is C19H19FN2O3. The Morgan fingerprint density at radius 2 is 1.56 bits per heavy atom. The summed E-state index contributed by atoms with van der Waals surface area (Å²) >= 11 is 0. The molecular weight excluding hydrogens is 323 g/mol. The predicted molar refractivity (Wildman–Crippen MR) is 93.4 cm³/mol. The van der Waals surface area contributed by atoms with Crippen molar-refractivity contribution in [1.82, 2.24) is 9.97 Å². The fourth-order valence-corrected chi connectivity index (χ4v) is 1.48. The van der Waals surface area contributed by atoms with E-state index in [1.165, 1.54) is 24.3 Å². The summed E-state index contributed by atoms with van der Waals surface area (Å²) in [5.41, 5.74) is 0.497. The highest BCUT2D eigenvalue weighted by Gasteiger charge is 1.88. The van der Waals surface area contributed by atoms with Gasteiger partial charge in [-0.25, -0.2) is 9.37 Å². The molecule has 0 saturated heterocycles. The first-order valence-corrected chi connectivity index (χ1v) is 7.29. The standard InChI is InChI=1S/C7H5FO.2C6H7NO/c8-7-3-1-6(5-9)2-4-7;1-8-6-2-4-7-5-3-6;1-8-6-4-2-3-5-7-6/h1-5H;2*2-5H,1H3.